The lowest BCUT2D eigenvalue weighted by Gasteiger charge is -2.18. The number of hydrogen-bond donors (Lipinski definition) is 1. The molecule has 0 aliphatic rings. The van der Waals surface area contributed by atoms with Crippen LogP contribution in [0.1, 0.15) is 23.5 Å². The smallest absolute Gasteiger partial charge is 0.0102 e. The zero-order chi connectivity index (χ0) is 16.4. The van der Waals surface area contributed by atoms with Gasteiger partial charge in [0.05, 0.1) is 0 Å². The van der Waals surface area contributed by atoms with Gasteiger partial charge in [-0.15, -0.1) is 0 Å². The number of nitrogens with two attached hydrogens (primary N) is 1. The highest BCUT2D eigenvalue weighted by molar-refractivity contribution is 5.84. The molecule has 0 saturated carbocycles. The van der Waals surface area contributed by atoms with E-state index < -0.39 is 0 Å². The molecule has 1 nitrogen and oxygen atoms in total. The maximum absolute atomic E-state index is 5.93. The molecule has 0 unspecified atom stereocenters. The number of fused-ring (bicyclic) bond motifs is 2. The first-order chi connectivity index (χ1) is 11.8. The van der Waals surface area contributed by atoms with Crippen LogP contribution in [0.4, 0.5) is 0 Å². The Hall–Kier alpha value is -2.64. The Morgan fingerprint density at radius 1 is 0.583 bits per heavy atom. The van der Waals surface area contributed by atoms with Gasteiger partial charge in [-0.1, -0.05) is 84.9 Å². The number of rotatable bonds is 4. The van der Waals surface area contributed by atoms with Crippen LogP contribution in [0.15, 0.2) is 84.9 Å². The fourth-order valence-electron chi connectivity index (χ4n) is 3.54. The second kappa shape index (κ2) is 6.46. The van der Waals surface area contributed by atoms with Gasteiger partial charge in [0.2, 0.25) is 0 Å². The summed E-state index contributed by atoms with van der Waals surface area (Å²) < 4.78 is 0. The monoisotopic (exact) mass is 311 g/mol. The molecule has 0 amide bonds. The van der Waals surface area contributed by atoms with Crippen molar-refractivity contribution in [1.82, 2.24) is 0 Å². The minimum Gasteiger partial charge on any atom is -0.330 e. The molecule has 0 saturated heterocycles. The van der Waals surface area contributed by atoms with Gasteiger partial charge in [0.25, 0.3) is 0 Å². The average molecular weight is 311 g/mol. The summed E-state index contributed by atoms with van der Waals surface area (Å²) in [7, 11) is 0. The van der Waals surface area contributed by atoms with E-state index in [0.717, 1.165) is 6.42 Å². The largest absolute Gasteiger partial charge is 0.330 e. The van der Waals surface area contributed by atoms with E-state index in [-0.39, 0.29) is 0 Å². The summed E-state index contributed by atoms with van der Waals surface area (Å²) in [6.45, 7) is 0.685. The highest BCUT2D eigenvalue weighted by atomic mass is 14.5. The van der Waals surface area contributed by atoms with Crippen LogP contribution in [0.25, 0.3) is 21.5 Å². The Morgan fingerprint density at radius 2 is 1.04 bits per heavy atom. The summed E-state index contributed by atoms with van der Waals surface area (Å²) in [6, 6.07) is 30.6. The zero-order valence-corrected chi connectivity index (χ0v) is 13.7. The molecule has 118 valence electrons. The molecule has 0 aromatic heterocycles. The van der Waals surface area contributed by atoms with Gasteiger partial charge in [-0.05, 0) is 45.6 Å². The van der Waals surface area contributed by atoms with Gasteiger partial charge in [-0.2, -0.15) is 0 Å². The Bertz CT molecular complexity index is 908. The van der Waals surface area contributed by atoms with Crippen molar-refractivity contribution >= 4 is 21.5 Å². The molecule has 0 fully saturated rings. The molecule has 0 atom stereocenters. The van der Waals surface area contributed by atoms with E-state index in [4.69, 9.17) is 5.73 Å². The van der Waals surface area contributed by atoms with Gasteiger partial charge in [-0.3, -0.25) is 0 Å². The maximum atomic E-state index is 5.93. The minimum atomic E-state index is 0.337. The van der Waals surface area contributed by atoms with Gasteiger partial charge in [-0.25, -0.2) is 0 Å². The van der Waals surface area contributed by atoms with Crippen LogP contribution in [-0.2, 0) is 0 Å². The van der Waals surface area contributed by atoms with E-state index in [1.165, 1.54) is 32.7 Å². The van der Waals surface area contributed by atoms with Gasteiger partial charge in [0, 0.05) is 5.92 Å². The lowest BCUT2D eigenvalue weighted by atomic mass is 9.86. The molecule has 0 heterocycles. The fraction of sp³-hybridized carbons (Fsp3) is 0.130. The van der Waals surface area contributed by atoms with E-state index in [2.05, 4.69) is 84.9 Å². The Morgan fingerprint density at radius 3 is 1.50 bits per heavy atom. The van der Waals surface area contributed by atoms with Crippen LogP contribution >= 0.6 is 0 Å². The Kier molecular flexibility index (Phi) is 4.02. The maximum Gasteiger partial charge on any atom is 0.0102 e. The van der Waals surface area contributed by atoms with Gasteiger partial charge < -0.3 is 5.73 Å². The minimum absolute atomic E-state index is 0.337. The van der Waals surface area contributed by atoms with E-state index in [0.29, 0.717) is 12.5 Å². The molecule has 0 spiro atoms. The van der Waals surface area contributed by atoms with Crippen molar-refractivity contribution < 1.29 is 0 Å². The van der Waals surface area contributed by atoms with Gasteiger partial charge in [0.1, 0.15) is 0 Å². The highest BCUT2D eigenvalue weighted by Gasteiger charge is 2.14. The molecular formula is C23H21N. The first kappa shape index (κ1) is 14.9. The van der Waals surface area contributed by atoms with E-state index in [9.17, 15) is 0 Å². The van der Waals surface area contributed by atoms with Crippen molar-refractivity contribution in [3.05, 3.63) is 96.1 Å². The summed E-state index contributed by atoms with van der Waals surface area (Å²) in [6.07, 6.45) is 0.955. The number of hydrogen-bond acceptors (Lipinski definition) is 1. The summed E-state index contributed by atoms with van der Waals surface area (Å²) in [5, 5.41) is 5.15. The molecule has 4 aromatic rings. The van der Waals surface area contributed by atoms with Crippen molar-refractivity contribution in [1.29, 1.82) is 0 Å². The lowest BCUT2D eigenvalue weighted by molar-refractivity contribution is 0.728. The third-order valence-electron chi connectivity index (χ3n) is 4.81. The van der Waals surface area contributed by atoms with Crippen molar-refractivity contribution in [2.75, 3.05) is 6.54 Å². The molecule has 0 aliphatic heterocycles. The fourth-order valence-corrected chi connectivity index (χ4v) is 3.54. The van der Waals surface area contributed by atoms with Crippen LogP contribution in [0.3, 0.4) is 0 Å². The first-order valence-corrected chi connectivity index (χ1v) is 8.52. The second-order valence-electron chi connectivity index (χ2n) is 6.34. The molecule has 0 bridgehead atoms. The molecule has 24 heavy (non-hydrogen) atoms. The topological polar surface area (TPSA) is 26.0 Å². The van der Waals surface area contributed by atoms with Crippen LogP contribution in [0, 0.1) is 0 Å². The standard InChI is InChI=1S/C23H21N/c24-14-13-23(21-11-9-17-5-1-3-7-19(17)15-21)22-12-10-18-6-2-4-8-20(18)16-22/h1-12,15-16,23H,13-14,24H2. The van der Waals surface area contributed by atoms with Crippen molar-refractivity contribution in [3.8, 4) is 0 Å². The Labute approximate surface area is 142 Å². The lowest BCUT2D eigenvalue weighted by Crippen LogP contribution is -2.09. The molecule has 0 aliphatic carbocycles. The summed E-state index contributed by atoms with van der Waals surface area (Å²) >= 11 is 0. The van der Waals surface area contributed by atoms with E-state index in [1.54, 1.807) is 0 Å². The SMILES string of the molecule is NCCC(c1ccc2ccccc2c1)c1ccc2ccccc2c1. The molecule has 0 radical (unpaired) electrons. The zero-order valence-electron chi connectivity index (χ0n) is 13.7. The molecule has 2 N–H and O–H groups in total. The molecule has 4 aromatic carbocycles. The third kappa shape index (κ3) is 2.79. The van der Waals surface area contributed by atoms with E-state index in [1.807, 2.05) is 0 Å². The molecule has 1 heteroatoms. The highest BCUT2D eigenvalue weighted by Crippen LogP contribution is 2.31. The summed E-state index contributed by atoms with van der Waals surface area (Å²) in [5.74, 6) is 0.337. The summed E-state index contributed by atoms with van der Waals surface area (Å²) in [4.78, 5) is 0. The first-order valence-electron chi connectivity index (χ1n) is 8.52. The predicted octanol–water partition coefficient (Wildman–Crippen LogP) is 5.47. The molecular weight excluding hydrogens is 290 g/mol. The number of benzene rings is 4. The van der Waals surface area contributed by atoms with Gasteiger partial charge in [0.15, 0.2) is 0 Å². The van der Waals surface area contributed by atoms with Crippen LogP contribution in [0.2, 0.25) is 0 Å². The molecule has 4 rings (SSSR count). The van der Waals surface area contributed by atoms with Crippen LogP contribution in [-0.4, -0.2) is 6.54 Å². The van der Waals surface area contributed by atoms with Crippen LogP contribution < -0.4 is 5.73 Å². The normalized spacial score (nSPS) is 11.4. The predicted molar refractivity (Wildman–Crippen MR) is 103 cm³/mol. The van der Waals surface area contributed by atoms with E-state index >= 15 is 0 Å². The van der Waals surface area contributed by atoms with Crippen molar-refractivity contribution in [3.63, 3.8) is 0 Å². The van der Waals surface area contributed by atoms with Crippen LogP contribution in [0.5, 0.6) is 0 Å². The third-order valence-corrected chi connectivity index (χ3v) is 4.81. The summed E-state index contributed by atoms with van der Waals surface area (Å²) in [5.41, 5.74) is 8.61. The van der Waals surface area contributed by atoms with Crippen molar-refractivity contribution in [2.24, 2.45) is 5.73 Å². The average Bonchev–Trinajstić information content (AvgIpc) is 2.65. The Balaban J connectivity index is 1.81. The van der Waals surface area contributed by atoms with Gasteiger partial charge >= 0.3 is 0 Å². The second-order valence-corrected chi connectivity index (χ2v) is 6.34. The quantitative estimate of drug-likeness (QED) is 0.531. The van der Waals surface area contributed by atoms with Crippen molar-refractivity contribution in [2.45, 2.75) is 12.3 Å².